The van der Waals surface area contributed by atoms with E-state index in [0.717, 1.165) is 5.69 Å². The van der Waals surface area contributed by atoms with Crippen LogP contribution in [0.3, 0.4) is 0 Å². The monoisotopic (exact) mass is 239 g/mol. The Bertz CT molecular complexity index is 522. The molecule has 0 amide bonds. The van der Waals surface area contributed by atoms with E-state index >= 15 is 0 Å². The molecule has 0 aliphatic carbocycles. The Labute approximate surface area is 97.9 Å². The van der Waals surface area contributed by atoms with E-state index in [4.69, 9.17) is 11.6 Å². The highest BCUT2D eigenvalue weighted by Crippen LogP contribution is 2.22. The molecule has 16 heavy (non-hydrogen) atoms. The van der Waals surface area contributed by atoms with Crippen molar-refractivity contribution in [1.29, 1.82) is 0 Å². The van der Waals surface area contributed by atoms with Gasteiger partial charge in [-0.2, -0.15) is 0 Å². The molecule has 0 bridgehead atoms. The third-order valence-corrected chi connectivity index (χ3v) is 2.45. The zero-order valence-electron chi connectivity index (χ0n) is 8.96. The minimum absolute atomic E-state index is 0.374. The Morgan fingerprint density at radius 3 is 2.81 bits per heavy atom. The number of aromatic nitrogens is 2. The van der Waals surface area contributed by atoms with E-state index in [2.05, 4.69) is 10.3 Å². The van der Waals surface area contributed by atoms with Crippen molar-refractivity contribution in [2.75, 3.05) is 12.4 Å². The van der Waals surface area contributed by atoms with Gasteiger partial charge in [0.05, 0.1) is 11.4 Å². The fourth-order valence-electron chi connectivity index (χ4n) is 1.53. The average molecular weight is 240 g/mol. The van der Waals surface area contributed by atoms with Crippen LogP contribution in [-0.4, -0.2) is 16.6 Å². The van der Waals surface area contributed by atoms with Crippen LogP contribution in [0.25, 0.3) is 5.69 Å². The second-order valence-corrected chi connectivity index (χ2v) is 3.86. The number of rotatable bonds is 2. The predicted octanol–water partition coefficient (Wildman–Crippen LogP) is 3.01. The number of aryl methyl sites for hydroxylation is 1. The first-order valence-corrected chi connectivity index (χ1v) is 5.19. The number of nitrogens with zero attached hydrogens (tertiary/aromatic N) is 2. The smallest absolute Gasteiger partial charge is 0.207 e. The highest BCUT2D eigenvalue weighted by atomic mass is 35.5. The molecule has 0 radical (unpaired) electrons. The van der Waals surface area contributed by atoms with Crippen LogP contribution in [0.5, 0.6) is 0 Å². The quantitative estimate of drug-likeness (QED) is 0.873. The summed E-state index contributed by atoms with van der Waals surface area (Å²) >= 11 is 5.70. The van der Waals surface area contributed by atoms with Gasteiger partial charge in [-0.3, -0.25) is 4.57 Å². The van der Waals surface area contributed by atoms with Crippen LogP contribution in [0.2, 0.25) is 5.02 Å². The predicted molar refractivity (Wildman–Crippen MR) is 62.8 cm³/mol. The van der Waals surface area contributed by atoms with Crippen molar-refractivity contribution in [3.8, 4) is 5.69 Å². The number of benzene rings is 1. The molecule has 0 aliphatic heterocycles. The number of hydrogen-bond donors (Lipinski definition) is 1. The van der Waals surface area contributed by atoms with Crippen LogP contribution in [0.4, 0.5) is 10.3 Å². The summed E-state index contributed by atoms with van der Waals surface area (Å²) in [5, 5.41) is 3.29. The third kappa shape index (κ3) is 1.88. The fraction of sp³-hybridized carbons (Fsp3) is 0.182. The summed E-state index contributed by atoms with van der Waals surface area (Å²) < 4.78 is 15.4. The van der Waals surface area contributed by atoms with Crippen molar-refractivity contribution in [2.45, 2.75) is 6.92 Å². The van der Waals surface area contributed by atoms with Gasteiger partial charge < -0.3 is 5.32 Å². The SMILES string of the molecule is CNc1nc(C)cn1-c1ccc(Cl)cc1F. The van der Waals surface area contributed by atoms with E-state index in [9.17, 15) is 4.39 Å². The van der Waals surface area contributed by atoms with Gasteiger partial charge in [0.2, 0.25) is 5.95 Å². The van der Waals surface area contributed by atoms with Gasteiger partial charge in [0.15, 0.2) is 0 Å². The Morgan fingerprint density at radius 2 is 2.19 bits per heavy atom. The number of anilines is 1. The summed E-state index contributed by atoms with van der Waals surface area (Å²) in [4.78, 5) is 4.22. The van der Waals surface area contributed by atoms with Crippen LogP contribution in [-0.2, 0) is 0 Å². The molecule has 1 N–H and O–H groups in total. The summed E-state index contributed by atoms with van der Waals surface area (Å²) in [6, 6.07) is 4.56. The van der Waals surface area contributed by atoms with E-state index in [1.54, 1.807) is 29.9 Å². The molecule has 1 heterocycles. The summed E-state index contributed by atoms with van der Waals surface area (Å²) in [5.74, 6) is 0.222. The number of nitrogens with one attached hydrogen (secondary N) is 1. The van der Waals surface area contributed by atoms with E-state index in [0.29, 0.717) is 16.7 Å². The van der Waals surface area contributed by atoms with Crippen molar-refractivity contribution in [3.05, 3.63) is 40.9 Å². The van der Waals surface area contributed by atoms with Crippen molar-refractivity contribution in [2.24, 2.45) is 0 Å². The molecule has 1 aromatic heterocycles. The van der Waals surface area contributed by atoms with Crippen molar-refractivity contribution < 1.29 is 4.39 Å². The third-order valence-electron chi connectivity index (χ3n) is 2.22. The van der Waals surface area contributed by atoms with Gasteiger partial charge in [0.1, 0.15) is 5.82 Å². The molecule has 0 aliphatic rings. The van der Waals surface area contributed by atoms with E-state index in [1.165, 1.54) is 6.07 Å². The largest absolute Gasteiger partial charge is 0.358 e. The summed E-state index contributed by atoms with van der Waals surface area (Å²) in [7, 11) is 1.74. The first-order valence-electron chi connectivity index (χ1n) is 4.81. The van der Waals surface area contributed by atoms with E-state index in [1.807, 2.05) is 6.92 Å². The lowest BCUT2D eigenvalue weighted by Crippen LogP contribution is -2.02. The molecular weight excluding hydrogens is 229 g/mol. The molecule has 0 atom stereocenters. The summed E-state index contributed by atoms with van der Waals surface area (Å²) in [6.45, 7) is 1.85. The molecule has 0 saturated heterocycles. The lowest BCUT2D eigenvalue weighted by Gasteiger charge is -2.08. The molecule has 1 aromatic carbocycles. The standard InChI is InChI=1S/C11H11ClFN3/c1-7-6-16(11(14-2)15-7)10-4-3-8(12)5-9(10)13/h3-6H,1-2H3,(H,14,15). The second-order valence-electron chi connectivity index (χ2n) is 3.42. The van der Waals surface area contributed by atoms with Crippen molar-refractivity contribution >= 4 is 17.5 Å². The van der Waals surface area contributed by atoms with Gasteiger partial charge in [0, 0.05) is 18.3 Å². The van der Waals surface area contributed by atoms with Crippen LogP contribution in [0, 0.1) is 12.7 Å². The minimum atomic E-state index is -0.374. The first kappa shape index (κ1) is 11.0. The maximum atomic E-state index is 13.7. The van der Waals surface area contributed by atoms with Gasteiger partial charge in [-0.25, -0.2) is 9.37 Å². The zero-order valence-corrected chi connectivity index (χ0v) is 9.72. The van der Waals surface area contributed by atoms with Gasteiger partial charge >= 0.3 is 0 Å². The maximum absolute atomic E-state index is 13.7. The molecule has 84 valence electrons. The molecule has 2 rings (SSSR count). The Kier molecular flexibility index (Phi) is 2.83. The highest BCUT2D eigenvalue weighted by Gasteiger charge is 2.10. The fourth-order valence-corrected chi connectivity index (χ4v) is 1.69. The van der Waals surface area contributed by atoms with Crippen LogP contribution >= 0.6 is 11.6 Å². The Hall–Kier alpha value is -1.55. The topological polar surface area (TPSA) is 29.9 Å². The lowest BCUT2D eigenvalue weighted by molar-refractivity contribution is 0.618. The maximum Gasteiger partial charge on any atom is 0.207 e. The average Bonchev–Trinajstić information content (AvgIpc) is 2.59. The molecule has 2 aromatic rings. The van der Waals surface area contributed by atoms with E-state index in [-0.39, 0.29) is 5.82 Å². The Balaban J connectivity index is 2.57. The van der Waals surface area contributed by atoms with Gasteiger partial charge in [-0.1, -0.05) is 11.6 Å². The van der Waals surface area contributed by atoms with Crippen molar-refractivity contribution in [3.63, 3.8) is 0 Å². The molecule has 5 heteroatoms. The molecule has 0 spiro atoms. The number of hydrogen-bond acceptors (Lipinski definition) is 2. The number of halogens is 2. The highest BCUT2D eigenvalue weighted by molar-refractivity contribution is 6.30. The second kappa shape index (κ2) is 4.14. The summed E-state index contributed by atoms with van der Waals surface area (Å²) in [5.41, 5.74) is 1.24. The Morgan fingerprint density at radius 1 is 1.44 bits per heavy atom. The molecule has 3 nitrogen and oxygen atoms in total. The zero-order chi connectivity index (χ0) is 11.7. The molecule has 0 unspecified atom stereocenters. The molecular formula is C11H11ClFN3. The van der Waals surface area contributed by atoms with Gasteiger partial charge in [-0.05, 0) is 25.1 Å². The van der Waals surface area contributed by atoms with Crippen LogP contribution < -0.4 is 5.32 Å². The van der Waals surface area contributed by atoms with E-state index < -0.39 is 0 Å². The normalized spacial score (nSPS) is 10.5. The van der Waals surface area contributed by atoms with Crippen LogP contribution in [0.15, 0.2) is 24.4 Å². The molecule has 0 saturated carbocycles. The van der Waals surface area contributed by atoms with Crippen LogP contribution in [0.1, 0.15) is 5.69 Å². The van der Waals surface area contributed by atoms with Gasteiger partial charge in [0.25, 0.3) is 0 Å². The first-order chi connectivity index (χ1) is 7.61. The summed E-state index contributed by atoms with van der Waals surface area (Å²) in [6.07, 6.45) is 1.76. The lowest BCUT2D eigenvalue weighted by atomic mass is 10.3. The number of imidazole rings is 1. The minimum Gasteiger partial charge on any atom is -0.358 e. The van der Waals surface area contributed by atoms with Gasteiger partial charge in [-0.15, -0.1) is 0 Å². The van der Waals surface area contributed by atoms with Crippen molar-refractivity contribution in [1.82, 2.24) is 9.55 Å². The molecule has 0 fully saturated rings.